The van der Waals surface area contributed by atoms with E-state index in [1.165, 1.54) is 44.2 Å². The van der Waals surface area contributed by atoms with Crippen LogP contribution in [0.25, 0.3) is 0 Å². The second kappa shape index (κ2) is 7.04. The van der Waals surface area contributed by atoms with Crippen LogP contribution >= 0.6 is 0 Å². The molecule has 0 aliphatic heterocycles. The Labute approximate surface area is 115 Å². The van der Waals surface area contributed by atoms with E-state index in [1.54, 1.807) is 6.07 Å². The molecule has 2 rings (SSSR count). The molecule has 1 N–H and O–H groups in total. The van der Waals surface area contributed by atoms with Gasteiger partial charge in [-0.15, -0.1) is 0 Å². The molecule has 1 aliphatic carbocycles. The molecule has 1 aromatic rings. The summed E-state index contributed by atoms with van der Waals surface area (Å²) in [6.07, 6.45) is 8.02. The smallest absolute Gasteiger partial charge is 0.123 e. The van der Waals surface area contributed by atoms with E-state index in [9.17, 15) is 9.50 Å². The van der Waals surface area contributed by atoms with E-state index in [0.717, 1.165) is 24.3 Å². The van der Waals surface area contributed by atoms with Gasteiger partial charge in [-0.1, -0.05) is 51.2 Å². The lowest BCUT2D eigenvalue weighted by molar-refractivity contribution is 0.0718. The van der Waals surface area contributed by atoms with E-state index >= 15 is 0 Å². The minimum Gasteiger partial charge on any atom is -0.388 e. The molecule has 0 aromatic heterocycles. The zero-order valence-corrected chi connectivity index (χ0v) is 11.8. The first-order valence-electron chi connectivity index (χ1n) is 7.64. The van der Waals surface area contributed by atoms with E-state index in [1.807, 2.05) is 6.07 Å². The normalized spacial score (nSPS) is 25.2. The molecule has 1 aliphatic rings. The van der Waals surface area contributed by atoms with Gasteiger partial charge in [-0.05, 0) is 42.4 Å². The Kier molecular flexibility index (Phi) is 5.38. The average Bonchev–Trinajstić information content (AvgIpc) is 2.45. The molecule has 0 saturated heterocycles. The Balaban J connectivity index is 1.87. The highest BCUT2D eigenvalue weighted by atomic mass is 19.1. The Morgan fingerprint density at radius 1 is 1.26 bits per heavy atom. The summed E-state index contributed by atoms with van der Waals surface area (Å²) in [7, 11) is 0. The average molecular weight is 264 g/mol. The van der Waals surface area contributed by atoms with Crippen molar-refractivity contribution in [3.8, 4) is 0 Å². The minimum atomic E-state index is -0.497. The molecule has 1 nitrogen and oxygen atoms in total. The predicted molar refractivity (Wildman–Crippen MR) is 76.3 cm³/mol. The van der Waals surface area contributed by atoms with Gasteiger partial charge >= 0.3 is 0 Å². The molecule has 1 atom stereocenters. The van der Waals surface area contributed by atoms with Crippen LogP contribution in [0.1, 0.15) is 63.5 Å². The van der Waals surface area contributed by atoms with Crippen LogP contribution in [0.15, 0.2) is 24.3 Å². The second-order valence-corrected chi connectivity index (χ2v) is 5.92. The van der Waals surface area contributed by atoms with Crippen LogP contribution in [0.3, 0.4) is 0 Å². The van der Waals surface area contributed by atoms with Crippen LogP contribution in [-0.2, 0) is 0 Å². The first kappa shape index (κ1) is 14.5. The van der Waals surface area contributed by atoms with E-state index in [2.05, 4.69) is 6.92 Å². The van der Waals surface area contributed by atoms with Crippen molar-refractivity contribution in [2.24, 2.45) is 11.8 Å². The van der Waals surface area contributed by atoms with E-state index in [-0.39, 0.29) is 5.82 Å². The van der Waals surface area contributed by atoms with Crippen molar-refractivity contribution in [3.05, 3.63) is 35.6 Å². The summed E-state index contributed by atoms with van der Waals surface area (Å²) >= 11 is 0. The highest BCUT2D eigenvalue weighted by Gasteiger charge is 2.27. The fourth-order valence-corrected chi connectivity index (χ4v) is 3.25. The maximum Gasteiger partial charge on any atom is 0.123 e. The van der Waals surface area contributed by atoms with Gasteiger partial charge in [0, 0.05) is 0 Å². The SMILES string of the molecule is CCCCC1CCC(C(O)c2cccc(F)c2)CC1. The number of halogens is 1. The Bertz CT molecular complexity index is 383. The van der Waals surface area contributed by atoms with Crippen molar-refractivity contribution in [3.63, 3.8) is 0 Å². The summed E-state index contributed by atoms with van der Waals surface area (Å²) in [5.41, 5.74) is 0.733. The van der Waals surface area contributed by atoms with Gasteiger partial charge in [-0.2, -0.15) is 0 Å². The first-order valence-corrected chi connectivity index (χ1v) is 7.64. The number of hydrogen-bond donors (Lipinski definition) is 1. The molecule has 1 fully saturated rings. The summed E-state index contributed by atoms with van der Waals surface area (Å²) in [5.74, 6) is 0.892. The highest BCUT2D eigenvalue weighted by molar-refractivity contribution is 5.19. The van der Waals surface area contributed by atoms with E-state index in [4.69, 9.17) is 0 Å². The number of unbranched alkanes of at least 4 members (excludes halogenated alkanes) is 1. The third-order valence-electron chi connectivity index (χ3n) is 4.49. The van der Waals surface area contributed by atoms with Gasteiger partial charge in [0.1, 0.15) is 5.82 Å². The van der Waals surface area contributed by atoms with Crippen molar-refractivity contribution < 1.29 is 9.50 Å². The van der Waals surface area contributed by atoms with Crippen molar-refractivity contribution in [2.45, 2.75) is 58.0 Å². The lowest BCUT2D eigenvalue weighted by Crippen LogP contribution is -2.20. The van der Waals surface area contributed by atoms with Crippen molar-refractivity contribution in [1.29, 1.82) is 0 Å². The fraction of sp³-hybridized carbons (Fsp3) is 0.647. The maximum absolute atomic E-state index is 13.2. The van der Waals surface area contributed by atoms with Gasteiger partial charge in [-0.3, -0.25) is 0 Å². The minimum absolute atomic E-state index is 0.256. The molecule has 19 heavy (non-hydrogen) atoms. The van der Waals surface area contributed by atoms with Crippen LogP contribution in [0.2, 0.25) is 0 Å². The largest absolute Gasteiger partial charge is 0.388 e. The predicted octanol–water partition coefficient (Wildman–Crippen LogP) is 4.86. The molecule has 1 unspecified atom stereocenters. The third kappa shape index (κ3) is 4.04. The van der Waals surface area contributed by atoms with Crippen molar-refractivity contribution >= 4 is 0 Å². The number of hydrogen-bond acceptors (Lipinski definition) is 1. The molecule has 1 saturated carbocycles. The second-order valence-electron chi connectivity index (χ2n) is 5.92. The van der Waals surface area contributed by atoms with Crippen LogP contribution < -0.4 is 0 Å². The maximum atomic E-state index is 13.2. The number of rotatable bonds is 5. The Morgan fingerprint density at radius 2 is 2.00 bits per heavy atom. The van der Waals surface area contributed by atoms with Gasteiger partial charge in [0.25, 0.3) is 0 Å². The molecule has 0 bridgehead atoms. The van der Waals surface area contributed by atoms with Crippen LogP contribution in [0.5, 0.6) is 0 Å². The van der Waals surface area contributed by atoms with Gasteiger partial charge in [0.15, 0.2) is 0 Å². The van der Waals surface area contributed by atoms with Gasteiger partial charge in [0.2, 0.25) is 0 Å². The van der Waals surface area contributed by atoms with Crippen molar-refractivity contribution in [2.75, 3.05) is 0 Å². The molecule has 0 spiro atoms. The number of benzene rings is 1. The van der Waals surface area contributed by atoms with E-state index < -0.39 is 6.10 Å². The first-order chi connectivity index (χ1) is 9.20. The zero-order valence-electron chi connectivity index (χ0n) is 11.8. The van der Waals surface area contributed by atoms with Gasteiger partial charge in [0.05, 0.1) is 6.10 Å². The Hall–Kier alpha value is -0.890. The standard InChI is InChI=1S/C17H25FO/c1-2-3-5-13-8-10-14(11-9-13)17(19)15-6-4-7-16(18)12-15/h4,6-7,12-14,17,19H,2-3,5,8-11H2,1H3. The monoisotopic (exact) mass is 264 g/mol. The van der Waals surface area contributed by atoms with Crippen LogP contribution in [-0.4, -0.2) is 5.11 Å². The lowest BCUT2D eigenvalue weighted by Gasteiger charge is -2.31. The summed E-state index contributed by atoms with van der Waals surface area (Å²) in [6.45, 7) is 2.24. The molecule has 2 heteroatoms. The highest BCUT2D eigenvalue weighted by Crippen LogP contribution is 2.38. The van der Waals surface area contributed by atoms with Crippen molar-refractivity contribution in [1.82, 2.24) is 0 Å². The quantitative estimate of drug-likeness (QED) is 0.805. The lowest BCUT2D eigenvalue weighted by atomic mass is 9.76. The molecule has 0 amide bonds. The summed E-state index contributed by atoms with van der Waals surface area (Å²) in [5, 5.41) is 10.4. The molecule has 106 valence electrons. The number of aliphatic hydroxyl groups excluding tert-OH is 1. The summed E-state index contributed by atoms with van der Waals surface area (Å²) in [6, 6.07) is 6.41. The van der Waals surface area contributed by atoms with Crippen LogP contribution in [0.4, 0.5) is 4.39 Å². The van der Waals surface area contributed by atoms with Gasteiger partial charge in [-0.25, -0.2) is 4.39 Å². The molecular weight excluding hydrogens is 239 g/mol. The molecule has 0 radical (unpaired) electrons. The van der Waals surface area contributed by atoms with Crippen LogP contribution in [0, 0.1) is 17.7 Å². The number of aliphatic hydroxyl groups is 1. The summed E-state index contributed by atoms with van der Waals surface area (Å²) < 4.78 is 13.2. The molecule has 1 aromatic carbocycles. The summed E-state index contributed by atoms with van der Waals surface area (Å²) in [4.78, 5) is 0. The zero-order chi connectivity index (χ0) is 13.7. The fourth-order valence-electron chi connectivity index (χ4n) is 3.25. The third-order valence-corrected chi connectivity index (χ3v) is 4.49. The topological polar surface area (TPSA) is 20.2 Å². The Morgan fingerprint density at radius 3 is 2.63 bits per heavy atom. The molecular formula is C17H25FO. The molecule has 0 heterocycles. The van der Waals surface area contributed by atoms with E-state index in [0.29, 0.717) is 5.92 Å². The van der Waals surface area contributed by atoms with Gasteiger partial charge < -0.3 is 5.11 Å².